The Hall–Kier alpha value is -0.813. The van der Waals surface area contributed by atoms with Crippen LogP contribution in [0.25, 0.3) is 0 Å². The maximum atomic E-state index is 12.9. The van der Waals surface area contributed by atoms with Crippen LogP contribution < -0.4 is 0 Å². The van der Waals surface area contributed by atoms with Crippen LogP contribution >= 0.6 is 0 Å². The maximum absolute atomic E-state index is 12.9. The largest absolute Gasteiger partial charge is 0.421 e. The average molecular weight is 262 g/mol. The number of rotatable bonds is 6. The Labute approximate surface area is 102 Å². The van der Waals surface area contributed by atoms with Crippen LogP contribution in [-0.2, 0) is 10.5 Å². The van der Waals surface area contributed by atoms with Gasteiger partial charge in [-0.2, -0.15) is 0 Å². The van der Waals surface area contributed by atoms with E-state index < -0.39 is 27.2 Å². The fourth-order valence-electron chi connectivity index (χ4n) is 1.62. The Kier molecular flexibility index (Phi) is 5.71. The molecule has 0 bridgehead atoms. The summed E-state index contributed by atoms with van der Waals surface area (Å²) >= 11 is 0. The molecular weight excluding hydrogens is 245 g/mol. The topological polar surface area (TPSA) is 9.23 Å². The van der Waals surface area contributed by atoms with Gasteiger partial charge in [-0.1, -0.05) is 13.8 Å². The molecule has 0 aromatic heterocycles. The number of benzene rings is 1. The molecule has 0 N–H and O–H groups in total. The molecule has 0 heterocycles. The zero-order valence-corrected chi connectivity index (χ0v) is 11.5. The maximum Gasteiger partial charge on any atom is 0.194 e. The lowest BCUT2D eigenvalue weighted by Crippen LogP contribution is -2.15. The fraction of sp³-hybridized carbons (Fsp3) is 0.500. The van der Waals surface area contributed by atoms with Gasteiger partial charge in [-0.3, -0.25) is 0 Å². The van der Waals surface area contributed by atoms with E-state index in [9.17, 15) is 13.2 Å². The van der Waals surface area contributed by atoms with Crippen molar-refractivity contribution in [1.29, 1.82) is 0 Å². The van der Waals surface area contributed by atoms with Gasteiger partial charge < -0.3 is 4.43 Å². The second-order valence-electron chi connectivity index (χ2n) is 3.93. The first-order valence-electron chi connectivity index (χ1n) is 5.83. The van der Waals surface area contributed by atoms with E-state index in [4.69, 9.17) is 4.43 Å². The van der Waals surface area contributed by atoms with Gasteiger partial charge in [0, 0.05) is 6.10 Å². The molecule has 0 fully saturated rings. The second-order valence-corrected chi connectivity index (χ2v) is 5.17. The molecule has 17 heavy (non-hydrogen) atoms. The highest BCUT2D eigenvalue weighted by Gasteiger charge is 2.11. The van der Waals surface area contributed by atoms with E-state index >= 15 is 0 Å². The Morgan fingerprint density at radius 2 is 1.65 bits per heavy atom. The Morgan fingerprint density at radius 1 is 1.12 bits per heavy atom. The molecule has 96 valence electrons. The summed E-state index contributed by atoms with van der Waals surface area (Å²) < 4.78 is 44.2. The van der Waals surface area contributed by atoms with Gasteiger partial charge in [0.05, 0.1) is 0 Å². The normalized spacial score (nSPS) is 11.9. The first-order chi connectivity index (χ1) is 8.08. The highest BCUT2D eigenvalue weighted by Crippen LogP contribution is 2.14. The van der Waals surface area contributed by atoms with E-state index in [2.05, 4.69) is 0 Å². The highest BCUT2D eigenvalue weighted by molar-refractivity contribution is 6.26. The molecule has 0 unspecified atom stereocenters. The summed E-state index contributed by atoms with van der Waals surface area (Å²) in [5.74, 6) is -3.66. The standard InChI is InChI=1S/C12H17F3OSi/c1-3-9(4-2)16-17-7-8-5-10(13)12(15)11(14)6-8/h5-6,9H,3-4,7,17H2,1-2H3. The van der Waals surface area contributed by atoms with Crippen molar-refractivity contribution in [3.05, 3.63) is 35.1 Å². The summed E-state index contributed by atoms with van der Waals surface area (Å²) in [6, 6.07) is 2.61. The van der Waals surface area contributed by atoms with Crippen molar-refractivity contribution in [3.63, 3.8) is 0 Å². The molecule has 0 radical (unpaired) electrons. The Balaban J connectivity index is 2.52. The first kappa shape index (κ1) is 14.2. The van der Waals surface area contributed by atoms with Crippen LogP contribution in [0.3, 0.4) is 0 Å². The lowest BCUT2D eigenvalue weighted by molar-refractivity contribution is 0.202. The van der Waals surface area contributed by atoms with Crippen LogP contribution in [0.15, 0.2) is 12.1 Å². The molecule has 1 aromatic rings. The third kappa shape index (κ3) is 4.16. The van der Waals surface area contributed by atoms with Crippen LogP contribution in [0.4, 0.5) is 13.2 Å². The molecule has 0 aliphatic carbocycles. The van der Waals surface area contributed by atoms with Crippen LogP contribution in [0, 0.1) is 17.5 Å². The van der Waals surface area contributed by atoms with Gasteiger partial charge in [-0.25, -0.2) is 13.2 Å². The summed E-state index contributed by atoms with van der Waals surface area (Å²) in [5, 5.41) is 0. The molecule has 0 saturated carbocycles. The minimum absolute atomic E-state index is 0.233. The first-order valence-corrected chi connectivity index (χ1v) is 7.41. The SMILES string of the molecule is CCC(CC)O[SiH2]Cc1cc(F)c(F)c(F)c1. The van der Waals surface area contributed by atoms with Gasteiger partial charge in [-0.05, 0) is 36.6 Å². The van der Waals surface area contributed by atoms with Gasteiger partial charge in [0.1, 0.15) is 0 Å². The summed E-state index contributed by atoms with van der Waals surface area (Å²) in [6.45, 7) is 4.08. The van der Waals surface area contributed by atoms with Crippen molar-refractivity contribution in [1.82, 2.24) is 0 Å². The van der Waals surface area contributed by atoms with Crippen molar-refractivity contribution in [2.24, 2.45) is 0 Å². The molecule has 5 heteroatoms. The zero-order valence-electron chi connectivity index (χ0n) is 10.1. The lowest BCUT2D eigenvalue weighted by atomic mass is 10.2. The van der Waals surface area contributed by atoms with Crippen LogP contribution in [-0.4, -0.2) is 15.9 Å². The molecule has 0 saturated heterocycles. The van der Waals surface area contributed by atoms with E-state index in [1.165, 1.54) is 0 Å². The zero-order chi connectivity index (χ0) is 12.8. The van der Waals surface area contributed by atoms with E-state index in [0.29, 0.717) is 11.6 Å². The predicted octanol–water partition coefficient (Wildman–Crippen LogP) is 2.89. The third-order valence-electron chi connectivity index (χ3n) is 2.70. The minimum atomic E-state index is -1.41. The van der Waals surface area contributed by atoms with Crippen LogP contribution in [0.2, 0.25) is 0 Å². The number of hydrogen-bond acceptors (Lipinski definition) is 1. The average Bonchev–Trinajstić information content (AvgIpc) is 2.31. The molecule has 0 aliphatic rings. The minimum Gasteiger partial charge on any atom is -0.421 e. The molecule has 1 aromatic carbocycles. The number of halogens is 3. The van der Waals surface area contributed by atoms with Crippen LogP contribution in [0.5, 0.6) is 0 Å². The Morgan fingerprint density at radius 3 is 2.12 bits per heavy atom. The smallest absolute Gasteiger partial charge is 0.194 e. The molecule has 0 aliphatic heterocycles. The van der Waals surface area contributed by atoms with Gasteiger partial charge >= 0.3 is 0 Å². The van der Waals surface area contributed by atoms with Gasteiger partial charge in [0.2, 0.25) is 0 Å². The van der Waals surface area contributed by atoms with E-state index in [1.807, 2.05) is 13.8 Å². The quantitative estimate of drug-likeness (QED) is 0.566. The van der Waals surface area contributed by atoms with E-state index in [1.54, 1.807) is 0 Å². The summed E-state index contributed by atoms with van der Waals surface area (Å²) in [7, 11) is -0.856. The summed E-state index contributed by atoms with van der Waals surface area (Å²) in [6.07, 6.45) is 2.11. The lowest BCUT2D eigenvalue weighted by Gasteiger charge is -2.13. The van der Waals surface area contributed by atoms with Crippen molar-refractivity contribution >= 4 is 9.76 Å². The van der Waals surface area contributed by atoms with E-state index in [-0.39, 0.29) is 6.10 Å². The van der Waals surface area contributed by atoms with Crippen molar-refractivity contribution < 1.29 is 17.6 Å². The highest BCUT2D eigenvalue weighted by atomic mass is 28.2. The van der Waals surface area contributed by atoms with Gasteiger partial charge in [-0.15, -0.1) is 0 Å². The summed E-state index contributed by atoms with van der Waals surface area (Å²) in [5.41, 5.74) is 0.471. The molecule has 1 rings (SSSR count). The van der Waals surface area contributed by atoms with Crippen molar-refractivity contribution in [2.45, 2.75) is 38.8 Å². The molecule has 0 amide bonds. The summed E-state index contributed by atoms with van der Waals surface area (Å²) in [4.78, 5) is 0. The third-order valence-corrected chi connectivity index (χ3v) is 4.19. The fourth-order valence-corrected chi connectivity index (χ4v) is 3.07. The van der Waals surface area contributed by atoms with Crippen molar-refractivity contribution in [2.75, 3.05) is 0 Å². The Bertz CT molecular complexity index is 344. The molecule has 1 nitrogen and oxygen atoms in total. The van der Waals surface area contributed by atoms with E-state index in [0.717, 1.165) is 25.0 Å². The van der Waals surface area contributed by atoms with Crippen molar-refractivity contribution in [3.8, 4) is 0 Å². The van der Waals surface area contributed by atoms with Gasteiger partial charge in [0.15, 0.2) is 27.2 Å². The number of hydrogen-bond donors (Lipinski definition) is 0. The van der Waals surface area contributed by atoms with Gasteiger partial charge in [0.25, 0.3) is 0 Å². The predicted molar refractivity (Wildman–Crippen MR) is 64.0 cm³/mol. The van der Waals surface area contributed by atoms with Crippen LogP contribution in [0.1, 0.15) is 32.3 Å². The monoisotopic (exact) mass is 262 g/mol. The molecule has 0 atom stereocenters. The molecular formula is C12H17F3OSi. The second kappa shape index (κ2) is 6.81. The molecule has 0 spiro atoms.